The normalized spacial score (nSPS) is 11.0. The number of hydrogen-bond acceptors (Lipinski definition) is 6. The number of nitrogens with one attached hydrogen (secondary N) is 1. The molecule has 7 nitrogen and oxygen atoms in total. The highest BCUT2D eigenvalue weighted by atomic mass is 35.5. The average Bonchev–Trinajstić information content (AvgIpc) is 2.88. The van der Waals surface area contributed by atoms with E-state index < -0.39 is 0 Å². The summed E-state index contributed by atoms with van der Waals surface area (Å²) in [5.41, 5.74) is 4.36. The third-order valence-corrected chi connectivity index (χ3v) is 5.86. The van der Waals surface area contributed by atoms with Crippen molar-refractivity contribution in [3.8, 4) is 22.3 Å². The van der Waals surface area contributed by atoms with Crippen LogP contribution < -0.4 is 10.9 Å². The molecule has 34 heavy (non-hydrogen) atoms. The van der Waals surface area contributed by atoms with Gasteiger partial charge in [0.05, 0.1) is 12.2 Å². The lowest BCUT2D eigenvalue weighted by Crippen LogP contribution is -2.22. The van der Waals surface area contributed by atoms with Gasteiger partial charge in [-0.05, 0) is 42.8 Å². The monoisotopic (exact) mass is 468 g/mol. The van der Waals surface area contributed by atoms with E-state index in [0.717, 1.165) is 22.2 Å². The molecule has 0 fully saturated rings. The van der Waals surface area contributed by atoms with Crippen LogP contribution in [0.15, 0.2) is 84.2 Å². The molecular formula is C26H21ClN6O. The Kier molecular flexibility index (Phi) is 6.01. The van der Waals surface area contributed by atoms with Gasteiger partial charge in [-0.25, -0.2) is 4.98 Å². The molecule has 5 aromatic rings. The van der Waals surface area contributed by atoms with Crippen LogP contribution in [0.5, 0.6) is 0 Å². The number of halogens is 1. The smallest absolute Gasteiger partial charge is 0.260 e. The summed E-state index contributed by atoms with van der Waals surface area (Å²) in [6, 6.07) is 17.0. The summed E-state index contributed by atoms with van der Waals surface area (Å²) in [7, 11) is 0. The lowest BCUT2D eigenvalue weighted by molar-refractivity contribution is 0.750. The highest BCUT2D eigenvalue weighted by Gasteiger charge is 2.15. The van der Waals surface area contributed by atoms with Gasteiger partial charge >= 0.3 is 0 Å². The zero-order chi connectivity index (χ0) is 23.5. The van der Waals surface area contributed by atoms with Crippen LogP contribution in [0.3, 0.4) is 0 Å². The van der Waals surface area contributed by atoms with Crippen LogP contribution in [0.4, 0.5) is 5.95 Å². The Morgan fingerprint density at radius 2 is 1.85 bits per heavy atom. The van der Waals surface area contributed by atoms with E-state index in [1.807, 2.05) is 55.5 Å². The van der Waals surface area contributed by atoms with Gasteiger partial charge in [0.1, 0.15) is 5.65 Å². The predicted molar refractivity (Wildman–Crippen MR) is 135 cm³/mol. The summed E-state index contributed by atoms with van der Waals surface area (Å²) >= 11 is 6.64. The van der Waals surface area contributed by atoms with Crippen molar-refractivity contribution in [1.82, 2.24) is 24.5 Å². The molecule has 0 radical (unpaired) electrons. The maximum absolute atomic E-state index is 13.4. The topological polar surface area (TPSA) is 85.6 Å². The lowest BCUT2D eigenvalue weighted by Gasteiger charge is -2.13. The van der Waals surface area contributed by atoms with Gasteiger partial charge in [-0.15, -0.1) is 0 Å². The van der Waals surface area contributed by atoms with Crippen LogP contribution in [0.25, 0.3) is 33.3 Å². The first-order chi connectivity index (χ1) is 16.6. The SMILES string of the molecule is CCn1c(=O)c(-c2ccc(-c3cccnc3)cc2Cl)cc2cnc(NCc3ccccn3)nc21. The van der Waals surface area contributed by atoms with Gasteiger partial charge in [-0.2, -0.15) is 4.98 Å². The van der Waals surface area contributed by atoms with Gasteiger partial charge in [-0.1, -0.05) is 35.9 Å². The van der Waals surface area contributed by atoms with Gasteiger partial charge in [0.2, 0.25) is 5.95 Å². The van der Waals surface area contributed by atoms with Crippen LogP contribution in [0.2, 0.25) is 5.02 Å². The molecule has 0 unspecified atom stereocenters. The van der Waals surface area contributed by atoms with Crippen LogP contribution in [-0.4, -0.2) is 24.5 Å². The van der Waals surface area contributed by atoms with Crippen molar-refractivity contribution in [3.63, 3.8) is 0 Å². The molecule has 168 valence electrons. The van der Waals surface area contributed by atoms with Crippen molar-refractivity contribution in [2.24, 2.45) is 0 Å². The summed E-state index contributed by atoms with van der Waals surface area (Å²) in [5.74, 6) is 0.436. The quantitative estimate of drug-likeness (QED) is 0.368. The second kappa shape index (κ2) is 9.41. The van der Waals surface area contributed by atoms with Crippen LogP contribution >= 0.6 is 11.6 Å². The summed E-state index contributed by atoms with van der Waals surface area (Å²) < 4.78 is 1.64. The summed E-state index contributed by atoms with van der Waals surface area (Å²) in [6.07, 6.45) is 6.96. The fraction of sp³-hybridized carbons (Fsp3) is 0.115. The van der Waals surface area contributed by atoms with E-state index in [4.69, 9.17) is 11.6 Å². The molecule has 5 rings (SSSR count). The standard InChI is InChI=1S/C26H21ClN6O/c1-2-33-24-19(15-30-26(32-24)31-16-20-7-3-4-11-29-20)12-22(25(33)34)21-9-8-17(13-23(21)27)18-6-5-10-28-14-18/h3-15H,2,16H2,1H3,(H,30,31,32). The Bertz CT molecular complexity index is 1520. The van der Waals surface area contributed by atoms with Crippen molar-refractivity contribution < 1.29 is 0 Å². The van der Waals surface area contributed by atoms with E-state index in [0.29, 0.717) is 40.8 Å². The largest absolute Gasteiger partial charge is 0.349 e. The van der Waals surface area contributed by atoms with Crippen LogP contribution in [-0.2, 0) is 13.1 Å². The highest BCUT2D eigenvalue weighted by molar-refractivity contribution is 6.33. The van der Waals surface area contributed by atoms with Gasteiger partial charge < -0.3 is 5.32 Å². The Morgan fingerprint density at radius 1 is 0.941 bits per heavy atom. The fourth-order valence-electron chi connectivity index (χ4n) is 3.85. The van der Waals surface area contributed by atoms with Crippen molar-refractivity contribution in [2.75, 3.05) is 5.32 Å². The molecule has 1 aromatic carbocycles. The molecule has 0 aliphatic carbocycles. The number of pyridine rings is 3. The first kappa shape index (κ1) is 21.7. The summed E-state index contributed by atoms with van der Waals surface area (Å²) in [6.45, 7) is 2.87. The summed E-state index contributed by atoms with van der Waals surface area (Å²) in [4.78, 5) is 30.9. The van der Waals surface area contributed by atoms with Gasteiger partial charge in [-0.3, -0.25) is 19.3 Å². The van der Waals surface area contributed by atoms with E-state index in [2.05, 4.69) is 25.3 Å². The zero-order valence-corrected chi connectivity index (χ0v) is 19.2. The first-order valence-corrected chi connectivity index (χ1v) is 11.3. The predicted octanol–water partition coefficient (Wildman–Crippen LogP) is 5.20. The number of aromatic nitrogens is 5. The molecular weight excluding hydrogens is 448 g/mol. The fourth-order valence-corrected chi connectivity index (χ4v) is 4.13. The second-order valence-corrected chi connectivity index (χ2v) is 8.10. The Labute approximate surface area is 201 Å². The van der Waals surface area contributed by atoms with E-state index in [9.17, 15) is 4.79 Å². The third kappa shape index (κ3) is 4.25. The van der Waals surface area contributed by atoms with Crippen molar-refractivity contribution in [3.05, 3.63) is 100 Å². The number of fused-ring (bicyclic) bond motifs is 1. The number of benzene rings is 1. The van der Waals surface area contributed by atoms with E-state index in [1.165, 1.54) is 0 Å². The van der Waals surface area contributed by atoms with Crippen molar-refractivity contribution in [1.29, 1.82) is 0 Å². The molecule has 0 spiro atoms. The molecule has 8 heteroatoms. The molecule has 0 atom stereocenters. The second-order valence-electron chi connectivity index (χ2n) is 7.69. The van der Waals surface area contributed by atoms with Crippen LogP contribution in [0, 0.1) is 0 Å². The van der Waals surface area contributed by atoms with Crippen molar-refractivity contribution in [2.45, 2.75) is 20.0 Å². The number of anilines is 1. The molecule has 0 amide bonds. The minimum absolute atomic E-state index is 0.152. The van der Waals surface area contributed by atoms with Gasteiger partial charge in [0.25, 0.3) is 5.56 Å². The Hall–Kier alpha value is -4.10. The molecule has 4 heterocycles. The molecule has 0 saturated heterocycles. The molecule has 0 bridgehead atoms. The number of nitrogens with zero attached hydrogens (tertiary/aromatic N) is 5. The van der Waals surface area contributed by atoms with Gasteiger partial charge in [0, 0.05) is 58.4 Å². The lowest BCUT2D eigenvalue weighted by atomic mass is 10.0. The summed E-state index contributed by atoms with van der Waals surface area (Å²) in [5, 5.41) is 4.43. The highest BCUT2D eigenvalue weighted by Crippen LogP contribution is 2.31. The van der Waals surface area contributed by atoms with E-state index >= 15 is 0 Å². The van der Waals surface area contributed by atoms with E-state index in [1.54, 1.807) is 35.4 Å². The third-order valence-electron chi connectivity index (χ3n) is 5.55. The van der Waals surface area contributed by atoms with Crippen molar-refractivity contribution >= 4 is 28.6 Å². The number of rotatable bonds is 6. The molecule has 0 saturated carbocycles. The Balaban J connectivity index is 1.53. The van der Waals surface area contributed by atoms with E-state index in [-0.39, 0.29) is 5.56 Å². The zero-order valence-electron chi connectivity index (χ0n) is 18.4. The number of aryl methyl sites for hydroxylation is 1. The molecule has 4 aromatic heterocycles. The van der Waals surface area contributed by atoms with Gasteiger partial charge in [0.15, 0.2) is 0 Å². The molecule has 1 N–H and O–H groups in total. The molecule has 0 aliphatic heterocycles. The number of hydrogen-bond donors (Lipinski definition) is 1. The average molecular weight is 469 g/mol. The minimum atomic E-state index is -0.152. The first-order valence-electron chi connectivity index (χ1n) is 10.9. The maximum Gasteiger partial charge on any atom is 0.260 e. The van der Waals surface area contributed by atoms with Crippen LogP contribution in [0.1, 0.15) is 12.6 Å². The molecule has 0 aliphatic rings. The maximum atomic E-state index is 13.4. The Morgan fingerprint density at radius 3 is 2.59 bits per heavy atom. The minimum Gasteiger partial charge on any atom is -0.349 e.